The highest BCUT2D eigenvalue weighted by Crippen LogP contribution is 2.25. The smallest absolute Gasteiger partial charge is 0.312 e. The number of aliphatic carboxylic acids is 3. The van der Waals surface area contributed by atoms with Gasteiger partial charge in [0.2, 0.25) is 0 Å². The molecule has 0 fully saturated rings. The Hall–Kier alpha value is -3.69. The van der Waals surface area contributed by atoms with Crippen LogP contribution in [0.4, 0.5) is 0 Å². The van der Waals surface area contributed by atoms with Crippen LogP contribution in [0.2, 0.25) is 0 Å². The Balaban J connectivity index is 3.41. The average molecular weight is 1230 g/mol. The van der Waals surface area contributed by atoms with Gasteiger partial charge >= 0.3 is 17.9 Å². The Morgan fingerprint density at radius 1 is 0.287 bits per heavy atom. The molecule has 0 radical (unpaired) electrons. The molecular weight excluding hydrogens is 1090 g/mol. The Kier molecular flexibility index (Phi) is 56.0. The fourth-order valence-corrected chi connectivity index (χ4v) is 12.0. The molecule has 15 nitrogen and oxygen atoms in total. The molecule has 0 amide bonds. The summed E-state index contributed by atoms with van der Waals surface area (Å²) in [5, 5.41) is 32.9. The van der Waals surface area contributed by atoms with Crippen LogP contribution in [0.5, 0.6) is 0 Å². The number of hydrogen-bond donors (Lipinski definition) is 3. The number of carbonyl (C=O) groups is 3. The van der Waals surface area contributed by atoms with Gasteiger partial charge in [0.05, 0.1) is 17.1 Å². The van der Waals surface area contributed by atoms with Gasteiger partial charge in [-0.3, -0.25) is 29.4 Å². The number of nitrogens with zero attached hydrogens (tertiary/aromatic N) is 6. The van der Waals surface area contributed by atoms with Gasteiger partial charge in [0, 0.05) is 21.3 Å². The van der Waals surface area contributed by atoms with E-state index in [4.69, 9.17) is 29.2 Å². The molecule has 87 heavy (non-hydrogen) atoms. The highest BCUT2D eigenvalue weighted by atomic mass is 16.5. The normalized spacial score (nSPS) is 13.4. The average Bonchev–Trinajstić information content (AvgIpc) is 2.26. The second-order valence-electron chi connectivity index (χ2n) is 25.1. The molecule has 0 aliphatic rings. The molecule has 0 aliphatic carbocycles. The number of rotatable bonds is 66. The van der Waals surface area contributed by atoms with Gasteiger partial charge in [-0.2, -0.15) is 0 Å². The summed E-state index contributed by atoms with van der Waals surface area (Å²) in [6.45, 7) is 6.19. The van der Waals surface area contributed by atoms with Crippen LogP contribution in [0.1, 0.15) is 366 Å². The van der Waals surface area contributed by atoms with E-state index in [-0.39, 0.29) is 74.1 Å². The van der Waals surface area contributed by atoms with Crippen molar-refractivity contribution in [3.8, 4) is 0 Å². The topological polar surface area (TPSA) is 215 Å². The lowest BCUT2D eigenvalue weighted by Crippen LogP contribution is -2.34. The summed E-state index contributed by atoms with van der Waals surface area (Å²) in [6.07, 6.45) is 58.1. The second-order valence-corrected chi connectivity index (χ2v) is 25.1. The highest BCUT2D eigenvalue weighted by molar-refractivity contribution is 6.14. The summed E-state index contributed by atoms with van der Waals surface area (Å²) < 4.78 is 16.2. The molecule has 0 aliphatic heterocycles. The summed E-state index contributed by atoms with van der Waals surface area (Å²) in [7, 11) is 4.40. The lowest BCUT2D eigenvalue weighted by atomic mass is 9.92. The number of aliphatic imine (C=N–C) groups is 3. The van der Waals surface area contributed by atoms with Gasteiger partial charge in [0.15, 0.2) is 17.5 Å². The molecule has 3 unspecified atom stereocenters. The van der Waals surface area contributed by atoms with Crippen LogP contribution < -0.4 is 0 Å². The van der Waals surface area contributed by atoms with E-state index >= 15 is 0 Å². The van der Waals surface area contributed by atoms with Crippen molar-refractivity contribution in [2.75, 3.05) is 41.5 Å². The predicted molar refractivity (Wildman–Crippen MR) is 361 cm³/mol. The van der Waals surface area contributed by atoms with E-state index in [1.165, 1.54) is 233 Å². The number of unbranched alkanes of at least 4 members (excludes halogenated alkanes) is 45. The number of carboxylic acids is 3. The summed E-state index contributed by atoms with van der Waals surface area (Å²) >= 11 is 0. The van der Waals surface area contributed by atoms with Crippen molar-refractivity contribution >= 4 is 35.0 Å². The van der Waals surface area contributed by atoms with Gasteiger partial charge in [-0.1, -0.05) is 329 Å². The van der Waals surface area contributed by atoms with Gasteiger partial charge < -0.3 is 29.5 Å². The van der Waals surface area contributed by atoms with Gasteiger partial charge in [0.1, 0.15) is 37.9 Å². The van der Waals surface area contributed by atoms with Crippen LogP contribution in [0, 0.1) is 17.8 Å². The molecule has 0 bridgehead atoms. The van der Waals surface area contributed by atoms with Crippen molar-refractivity contribution in [1.82, 2.24) is 15.0 Å². The third-order valence-electron chi connectivity index (χ3n) is 17.3. The lowest BCUT2D eigenvalue weighted by Gasteiger charge is -2.20. The van der Waals surface area contributed by atoms with Gasteiger partial charge in [0.25, 0.3) is 0 Å². The SMILES string of the molecule is CCCCCCCCCCCCCCCCCCC(C(=O)O)/C(=N\COC)c1nc(/C(=N/COC)C(CCCCCCCCCCCCCCCCCC)C(=O)O)nc(/C(=N/COC)C(CCCCCCCCCCCCCCCCCC)C(=O)O)n1. The molecular formula is C72H132N6O9. The minimum Gasteiger partial charge on any atom is -0.481 e. The molecule has 3 atom stereocenters. The molecule has 1 aromatic heterocycles. The summed E-state index contributed by atoms with van der Waals surface area (Å²) in [5.41, 5.74) is 0.0882. The number of ether oxygens (including phenoxy) is 3. The Bertz CT molecular complexity index is 1680. The largest absolute Gasteiger partial charge is 0.481 e. The van der Waals surface area contributed by atoms with Crippen LogP contribution >= 0.6 is 0 Å². The maximum atomic E-state index is 13.4. The lowest BCUT2D eigenvalue weighted by molar-refractivity contribution is -0.140. The number of carboxylic acid groups (broad SMARTS) is 3. The van der Waals surface area contributed by atoms with Gasteiger partial charge in [-0.05, 0) is 19.3 Å². The van der Waals surface area contributed by atoms with Crippen molar-refractivity contribution in [3.63, 3.8) is 0 Å². The zero-order valence-electron chi connectivity index (χ0n) is 56.9. The molecule has 1 rings (SSSR count). The fraction of sp³-hybridized carbons (Fsp3) is 0.875. The van der Waals surface area contributed by atoms with Crippen molar-refractivity contribution in [3.05, 3.63) is 17.5 Å². The van der Waals surface area contributed by atoms with Crippen molar-refractivity contribution in [1.29, 1.82) is 0 Å². The Morgan fingerprint density at radius 2 is 0.437 bits per heavy atom. The quantitative estimate of drug-likeness (QED) is 0.0410. The van der Waals surface area contributed by atoms with Crippen LogP contribution in [0.3, 0.4) is 0 Å². The summed E-state index contributed by atoms with van der Waals surface area (Å²) in [5.74, 6) is -7.19. The van der Waals surface area contributed by atoms with Crippen molar-refractivity contribution in [2.24, 2.45) is 32.7 Å². The first kappa shape index (κ1) is 81.3. The van der Waals surface area contributed by atoms with Crippen LogP contribution in [0.15, 0.2) is 15.0 Å². The molecule has 0 aromatic carbocycles. The minimum absolute atomic E-state index is 0.0294. The maximum Gasteiger partial charge on any atom is 0.312 e. The van der Waals surface area contributed by atoms with E-state index < -0.39 is 35.7 Å². The minimum atomic E-state index is -1.16. The van der Waals surface area contributed by atoms with Crippen molar-refractivity contribution in [2.45, 2.75) is 348 Å². The number of aromatic nitrogens is 3. The fourth-order valence-electron chi connectivity index (χ4n) is 12.0. The predicted octanol–water partition coefficient (Wildman–Crippen LogP) is 20.1. The molecule has 504 valence electrons. The standard InChI is InChI=1S/C72H132N6O9/c1-7-10-13-16-19-22-25-28-31-34-37-40-43-46-49-52-55-61(70(79)80)64(73-58-85-4)67-76-68(65(74-59-86-5)62(71(81)82)56-53-50-47-44-41-38-35-32-29-26-23-20-17-14-11-8-2)78-69(77-67)66(75-60-87-6)63(72(83)84)57-54-51-48-45-42-39-36-33-30-27-24-21-18-15-12-9-3/h61-63H,7-60H2,1-6H3,(H,79,80)(H,81,82)(H,83,84)/b73-64+,74-65+,75-66+. The van der Waals surface area contributed by atoms with E-state index in [0.29, 0.717) is 19.3 Å². The van der Waals surface area contributed by atoms with Crippen LogP contribution in [-0.4, -0.2) is 107 Å². The highest BCUT2D eigenvalue weighted by Gasteiger charge is 2.34. The molecule has 15 heteroatoms. The molecule has 0 saturated carbocycles. The Morgan fingerprint density at radius 3 is 0.575 bits per heavy atom. The van der Waals surface area contributed by atoms with Crippen molar-refractivity contribution < 1.29 is 43.9 Å². The molecule has 3 N–H and O–H groups in total. The third-order valence-corrected chi connectivity index (χ3v) is 17.3. The molecule has 1 heterocycles. The zero-order valence-corrected chi connectivity index (χ0v) is 56.9. The van der Waals surface area contributed by atoms with E-state index in [9.17, 15) is 29.7 Å². The first-order chi connectivity index (χ1) is 42.6. The van der Waals surface area contributed by atoms with E-state index in [1.807, 2.05) is 0 Å². The van der Waals surface area contributed by atoms with E-state index in [1.54, 1.807) is 0 Å². The van der Waals surface area contributed by atoms with Gasteiger partial charge in [-0.25, -0.2) is 15.0 Å². The Labute approximate surface area is 531 Å². The van der Waals surface area contributed by atoms with Crippen LogP contribution in [0.25, 0.3) is 0 Å². The van der Waals surface area contributed by atoms with E-state index in [0.717, 1.165) is 77.0 Å². The number of hydrogen-bond acceptors (Lipinski definition) is 12. The molecule has 0 saturated heterocycles. The van der Waals surface area contributed by atoms with Crippen LogP contribution in [-0.2, 0) is 28.6 Å². The first-order valence-corrected chi connectivity index (χ1v) is 36.2. The van der Waals surface area contributed by atoms with E-state index in [2.05, 4.69) is 35.7 Å². The number of methoxy groups -OCH3 is 3. The molecule has 0 spiro atoms. The maximum absolute atomic E-state index is 13.4. The second kappa shape index (κ2) is 59.9. The first-order valence-electron chi connectivity index (χ1n) is 36.2. The third kappa shape index (κ3) is 43.6. The monoisotopic (exact) mass is 1230 g/mol. The molecule has 1 aromatic rings. The zero-order chi connectivity index (χ0) is 63.5. The summed E-state index contributed by atoms with van der Waals surface area (Å²) in [6, 6.07) is 0. The van der Waals surface area contributed by atoms with Gasteiger partial charge in [-0.15, -0.1) is 0 Å². The summed E-state index contributed by atoms with van der Waals surface area (Å²) in [4.78, 5) is 68.8.